The first-order valence-electron chi connectivity index (χ1n) is 7.36. The summed E-state index contributed by atoms with van der Waals surface area (Å²) in [5.74, 6) is -0.299. The number of benzene rings is 1. The molecule has 0 radical (unpaired) electrons. The van der Waals surface area contributed by atoms with Gasteiger partial charge in [0, 0.05) is 28.6 Å². The van der Waals surface area contributed by atoms with E-state index < -0.39 is 11.7 Å². The van der Waals surface area contributed by atoms with Crippen LogP contribution < -0.4 is 10.1 Å². The predicted octanol–water partition coefficient (Wildman–Crippen LogP) is 4.21. The van der Waals surface area contributed by atoms with Crippen molar-refractivity contribution in [1.29, 1.82) is 0 Å². The highest BCUT2D eigenvalue weighted by molar-refractivity contribution is 9.10. The number of hydrogen-bond acceptors (Lipinski definition) is 4. The lowest BCUT2D eigenvalue weighted by Crippen LogP contribution is -2.14. The van der Waals surface area contributed by atoms with E-state index in [0.29, 0.717) is 16.8 Å². The number of rotatable bonds is 5. The van der Waals surface area contributed by atoms with Gasteiger partial charge in [-0.15, -0.1) is 0 Å². The van der Waals surface area contributed by atoms with Crippen LogP contribution in [-0.2, 0) is 6.61 Å². The van der Waals surface area contributed by atoms with Crippen molar-refractivity contribution in [3.8, 4) is 5.75 Å². The fraction of sp³-hybridized carbons (Fsp3) is 0.0556. The zero-order valence-electron chi connectivity index (χ0n) is 12.9. The van der Waals surface area contributed by atoms with Crippen LogP contribution in [0.1, 0.15) is 15.9 Å². The van der Waals surface area contributed by atoms with Crippen LogP contribution in [0.2, 0.25) is 0 Å². The Hall–Kier alpha value is -2.80. The van der Waals surface area contributed by atoms with Gasteiger partial charge in [-0.05, 0) is 48.0 Å². The van der Waals surface area contributed by atoms with E-state index in [-0.39, 0.29) is 11.4 Å². The zero-order valence-corrected chi connectivity index (χ0v) is 14.5. The lowest BCUT2D eigenvalue weighted by atomic mass is 10.2. The monoisotopic (exact) mass is 401 g/mol. The highest BCUT2D eigenvalue weighted by Gasteiger charge is 2.13. The average Bonchev–Trinajstić information content (AvgIpc) is 2.61. The van der Waals surface area contributed by atoms with Crippen molar-refractivity contribution in [2.45, 2.75) is 6.61 Å². The van der Waals surface area contributed by atoms with Crippen LogP contribution in [0.15, 0.2) is 65.5 Å². The summed E-state index contributed by atoms with van der Waals surface area (Å²) in [6, 6.07) is 11.0. The minimum Gasteiger partial charge on any atom is -0.485 e. The maximum atomic E-state index is 13.5. The number of amides is 1. The zero-order chi connectivity index (χ0) is 17.6. The summed E-state index contributed by atoms with van der Waals surface area (Å²) in [6.45, 7) is 0.308. The number of aromatic nitrogens is 2. The van der Waals surface area contributed by atoms with Crippen LogP contribution in [0.5, 0.6) is 5.75 Å². The van der Waals surface area contributed by atoms with Gasteiger partial charge in [0.2, 0.25) is 0 Å². The molecule has 5 nitrogen and oxygen atoms in total. The molecule has 0 unspecified atom stereocenters. The summed E-state index contributed by atoms with van der Waals surface area (Å²) in [4.78, 5) is 20.4. The summed E-state index contributed by atoms with van der Waals surface area (Å²) in [5.41, 5.74) is 1.11. The van der Waals surface area contributed by atoms with Crippen molar-refractivity contribution in [1.82, 2.24) is 9.97 Å². The van der Waals surface area contributed by atoms with Crippen LogP contribution in [0.4, 0.5) is 10.2 Å². The minimum atomic E-state index is -0.505. The van der Waals surface area contributed by atoms with Crippen molar-refractivity contribution in [3.63, 3.8) is 0 Å². The Balaban J connectivity index is 1.75. The molecular weight excluding hydrogens is 389 g/mol. The Morgan fingerprint density at radius 2 is 1.96 bits per heavy atom. The first-order chi connectivity index (χ1) is 12.1. The molecule has 0 aliphatic heterocycles. The van der Waals surface area contributed by atoms with Crippen molar-refractivity contribution >= 4 is 27.7 Å². The van der Waals surface area contributed by atoms with E-state index in [0.717, 1.165) is 11.6 Å². The standard InChI is InChI=1S/C18H13BrFN3O2/c19-14-8-13(9-15(20)10-14)18(24)23-17-16(2-1-5-22-17)25-11-12-3-6-21-7-4-12/h1-10H,11H2,(H,22,23,24). The summed E-state index contributed by atoms with van der Waals surface area (Å²) in [5, 5.41) is 2.64. The van der Waals surface area contributed by atoms with E-state index in [4.69, 9.17) is 4.74 Å². The van der Waals surface area contributed by atoms with Crippen molar-refractivity contribution in [3.05, 3.63) is 82.5 Å². The minimum absolute atomic E-state index is 0.178. The van der Waals surface area contributed by atoms with Gasteiger partial charge in [0.15, 0.2) is 11.6 Å². The molecule has 0 bridgehead atoms. The third kappa shape index (κ3) is 4.60. The molecule has 0 aliphatic rings. The third-order valence-corrected chi connectivity index (χ3v) is 3.73. The van der Waals surface area contributed by atoms with Crippen molar-refractivity contribution in [2.75, 3.05) is 5.32 Å². The smallest absolute Gasteiger partial charge is 0.257 e. The number of ether oxygens (including phenoxy) is 1. The fourth-order valence-corrected chi connectivity index (χ4v) is 2.57. The van der Waals surface area contributed by atoms with Gasteiger partial charge < -0.3 is 10.1 Å². The number of nitrogens with one attached hydrogen (secondary N) is 1. The van der Waals surface area contributed by atoms with Gasteiger partial charge >= 0.3 is 0 Å². The summed E-state index contributed by atoms with van der Waals surface area (Å²) in [7, 11) is 0. The van der Waals surface area contributed by atoms with Crippen LogP contribution in [0.25, 0.3) is 0 Å². The lowest BCUT2D eigenvalue weighted by molar-refractivity contribution is 0.102. The maximum Gasteiger partial charge on any atom is 0.257 e. The Kier molecular flexibility index (Phi) is 5.35. The lowest BCUT2D eigenvalue weighted by Gasteiger charge is -2.11. The van der Waals surface area contributed by atoms with Crippen LogP contribution in [0.3, 0.4) is 0 Å². The Labute approximate surface area is 152 Å². The first-order valence-corrected chi connectivity index (χ1v) is 8.15. The average molecular weight is 402 g/mol. The molecule has 0 saturated heterocycles. The van der Waals surface area contributed by atoms with Gasteiger partial charge in [0.25, 0.3) is 5.91 Å². The predicted molar refractivity (Wildman–Crippen MR) is 94.9 cm³/mol. The van der Waals surface area contributed by atoms with E-state index in [1.165, 1.54) is 18.3 Å². The van der Waals surface area contributed by atoms with E-state index in [2.05, 4.69) is 31.2 Å². The molecule has 1 N–H and O–H groups in total. The summed E-state index contributed by atoms with van der Waals surface area (Å²) >= 11 is 3.17. The Morgan fingerprint density at radius 3 is 2.72 bits per heavy atom. The molecule has 1 amide bonds. The van der Waals surface area contributed by atoms with E-state index >= 15 is 0 Å². The molecule has 3 aromatic rings. The van der Waals surface area contributed by atoms with Crippen LogP contribution in [-0.4, -0.2) is 15.9 Å². The molecule has 25 heavy (non-hydrogen) atoms. The molecule has 2 heterocycles. The molecule has 0 spiro atoms. The van der Waals surface area contributed by atoms with E-state index in [9.17, 15) is 9.18 Å². The normalized spacial score (nSPS) is 10.3. The Bertz CT molecular complexity index is 870. The molecule has 2 aromatic heterocycles. The number of nitrogens with zero attached hydrogens (tertiary/aromatic N) is 2. The molecule has 3 rings (SSSR count). The summed E-state index contributed by atoms with van der Waals surface area (Å²) in [6.07, 6.45) is 4.88. The SMILES string of the molecule is O=C(Nc1ncccc1OCc1ccncc1)c1cc(F)cc(Br)c1. The van der Waals surface area contributed by atoms with Gasteiger partial charge in [-0.3, -0.25) is 9.78 Å². The second kappa shape index (κ2) is 7.85. The van der Waals surface area contributed by atoms with Gasteiger partial charge in [-0.1, -0.05) is 15.9 Å². The largest absolute Gasteiger partial charge is 0.485 e. The Morgan fingerprint density at radius 1 is 1.16 bits per heavy atom. The molecule has 0 fully saturated rings. The summed E-state index contributed by atoms with van der Waals surface area (Å²) < 4.78 is 19.7. The van der Waals surface area contributed by atoms with Gasteiger partial charge in [-0.25, -0.2) is 9.37 Å². The number of halogens is 2. The maximum absolute atomic E-state index is 13.5. The molecule has 0 saturated carbocycles. The van der Waals surface area contributed by atoms with Crippen molar-refractivity contribution in [2.24, 2.45) is 0 Å². The molecule has 7 heteroatoms. The molecular formula is C18H13BrFN3O2. The van der Waals surface area contributed by atoms with Gasteiger partial charge in [0.1, 0.15) is 12.4 Å². The van der Waals surface area contributed by atoms with Gasteiger partial charge in [0.05, 0.1) is 0 Å². The number of carbonyl (C=O) groups is 1. The first kappa shape index (κ1) is 17.0. The fourth-order valence-electron chi connectivity index (χ4n) is 2.11. The number of anilines is 1. The molecule has 1 aromatic carbocycles. The molecule has 0 atom stereocenters. The second-order valence-corrected chi connectivity index (χ2v) is 6.02. The van der Waals surface area contributed by atoms with E-state index in [1.807, 2.05) is 12.1 Å². The quantitative estimate of drug-likeness (QED) is 0.695. The molecule has 126 valence electrons. The molecule has 0 aliphatic carbocycles. The topological polar surface area (TPSA) is 64.1 Å². The van der Waals surface area contributed by atoms with E-state index in [1.54, 1.807) is 24.5 Å². The highest BCUT2D eigenvalue weighted by Crippen LogP contribution is 2.23. The number of pyridine rings is 2. The third-order valence-electron chi connectivity index (χ3n) is 3.27. The van der Waals surface area contributed by atoms with Crippen LogP contribution in [0, 0.1) is 5.82 Å². The van der Waals surface area contributed by atoms with Gasteiger partial charge in [-0.2, -0.15) is 0 Å². The second-order valence-electron chi connectivity index (χ2n) is 5.11. The van der Waals surface area contributed by atoms with Crippen molar-refractivity contribution < 1.29 is 13.9 Å². The van der Waals surface area contributed by atoms with Crippen LogP contribution >= 0.6 is 15.9 Å². The number of carbonyl (C=O) groups excluding carboxylic acids is 1. The number of hydrogen-bond donors (Lipinski definition) is 1. The highest BCUT2D eigenvalue weighted by atomic mass is 79.9.